The van der Waals surface area contributed by atoms with Crippen LogP contribution in [0.15, 0.2) is 67.0 Å². The molecular formula is C21H21ClN4O. The van der Waals surface area contributed by atoms with Crippen molar-refractivity contribution in [1.82, 2.24) is 14.7 Å². The van der Waals surface area contributed by atoms with Gasteiger partial charge in [-0.1, -0.05) is 54.1 Å². The molecule has 0 aliphatic carbocycles. The molecule has 1 unspecified atom stereocenters. The van der Waals surface area contributed by atoms with Crippen molar-refractivity contribution in [2.75, 3.05) is 11.9 Å². The smallest absolute Gasteiger partial charge is 0.241 e. The first-order chi connectivity index (χ1) is 13.2. The summed E-state index contributed by atoms with van der Waals surface area (Å²) in [5, 5.41) is 7.93. The van der Waals surface area contributed by atoms with E-state index in [0.29, 0.717) is 10.7 Å². The second-order valence-corrected chi connectivity index (χ2v) is 7.14. The predicted octanol–water partition coefficient (Wildman–Crippen LogP) is 4.13. The first-order valence-electron chi connectivity index (χ1n) is 9.09. The minimum absolute atomic E-state index is 0.0159. The lowest BCUT2D eigenvalue weighted by Gasteiger charge is -2.23. The number of carbonyl (C=O) groups is 1. The third kappa shape index (κ3) is 4.04. The third-order valence-corrected chi connectivity index (χ3v) is 5.16. The molecule has 0 radical (unpaired) electrons. The van der Waals surface area contributed by atoms with E-state index >= 15 is 0 Å². The second-order valence-electron chi connectivity index (χ2n) is 6.73. The van der Waals surface area contributed by atoms with Gasteiger partial charge in [0, 0.05) is 6.54 Å². The molecule has 6 heteroatoms. The van der Waals surface area contributed by atoms with Crippen LogP contribution in [0, 0.1) is 0 Å². The molecule has 4 rings (SSSR count). The Balaban J connectivity index is 1.44. The Morgan fingerprint density at radius 2 is 1.93 bits per heavy atom. The van der Waals surface area contributed by atoms with Gasteiger partial charge in [-0.15, -0.1) is 0 Å². The van der Waals surface area contributed by atoms with Crippen molar-refractivity contribution in [3.05, 3.63) is 77.6 Å². The van der Waals surface area contributed by atoms with Crippen molar-refractivity contribution in [2.24, 2.45) is 0 Å². The van der Waals surface area contributed by atoms with Crippen molar-refractivity contribution in [3.8, 4) is 5.69 Å². The van der Waals surface area contributed by atoms with Crippen molar-refractivity contribution in [1.29, 1.82) is 0 Å². The predicted molar refractivity (Wildman–Crippen MR) is 107 cm³/mol. The third-order valence-electron chi connectivity index (χ3n) is 4.84. The highest BCUT2D eigenvalue weighted by Gasteiger charge is 2.30. The molecule has 3 aromatic rings. The Morgan fingerprint density at radius 1 is 1.15 bits per heavy atom. The number of hydrogen-bond donors (Lipinski definition) is 1. The first-order valence-corrected chi connectivity index (χ1v) is 9.47. The van der Waals surface area contributed by atoms with Gasteiger partial charge in [0.05, 0.1) is 34.8 Å². The molecule has 138 valence electrons. The highest BCUT2D eigenvalue weighted by Crippen LogP contribution is 2.23. The Morgan fingerprint density at radius 3 is 2.74 bits per heavy atom. The number of benzene rings is 2. The Bertz CT molecular complexity index is 925. The lowest BCUT2D eigenvalue weighted by Crippen LogP contribution is -2.39. The molecule has 0 spiro atoms. The number of nitrogens with one attached hydrogen (secondary N) is 1. The fourth-order valence-corrected chi connectivity index (χ4v) is 3.73. The Labute approximate surface area is 163 Å². The average Bonchev–Trinajstić information content (AvgIpc) is 3.32. The van der Waals surface area contributed by atoms with Crippen LogP contribution in [-0.4, -0.2) is 33.2 Å². The molecule has 5 nitrogen and oxygen atoms in total. The summed E-state index contributed by atoms with van der Waals surface area (Å²) in [5.41, 5.74) is 2.68. The molecular weight excluding hydrogens is 360 g/mol. The minimum Gasteiger partial charge on any atom is -0.322 e. The fraction of sp³-hybridized carbons (Fsp3) is 0.238. The summed E-state index contributed by atoms with van der Waals surface area (Å²) in [6.45, 7) is 1.73. The van der Waals surface area contributed by atoms with E-state index in [0.717, 1.165) is 31.6 Å². The summed E-state index contributed by atoms with van der Waals surface area (Å²) in [7, 11) is 0. The van der Waals surface area contributed by atoms with Crippen LogP contribution in [0.25, 0.3) is 5.69 Å². The van der Waals surface area contributed by atoms with E-state index in [1.165, 1.54) is 5.56 Å². The fourth-order valence-electron chi connectivity index (χ4n) is 3.51. The normalized spacial score (nSPS) is 17.1. The molecule has 1 atom stereocenters. The lowest BCUT2D eigenvalue weighted by atomic mass is 10.1. The SMILES string of the molecule is O=C(Nc1cnn(-c2ccccc2Cl)c1)C1CCCN1Cc1ccccc1. The number of rotatable bonds is 5. The molecule has 2 heterocycles. The zero-order valence-electron chi connectivity index (χ0n) is 14.9. The Hall–Kier alpha value is -2.63. The number of halogens is 1. The number of anilines is 1. The van der Waals surface area contributed by atoms with E-state index < -0.39 is 0 Å². The van der Waals surface area contributed by atoms with Crippen LogP contribution in [0.1, 0.15) is 18.4 Å². The molecule has 2 aromatic carbocycles. The van der Waals surface area contributed by atoms with E-state index in [1.807, 2.05) is 42.5 Å². The summed E-state index contributed by atoms with van der Waals surface area (Å²) in [4.78, 5) is 15.1. The molecule has 1 amide bonds. The molecule has 1 fully saturated rings. The number of para-hydroxylation sites is 1. The molecule has 0 saturated carbocycles. The van der Waals surface area contributed by atoms with Crippen molar-refractivity contribution >= 4 is 23.2 Å². The molecule has 1 aliphatic rings. The van der Waals surface area contributed by atoms with Crippen LogP contribution in [0.4, 0.5) is 5.69 Å². The summed E-state index contributed by atoms with van der Waals surface area (Å²) in [6, 6.07) is 17.6. The van der Waals surface area contributed by atoms with Gasteiger partial charge in [-0.3, -0.25) is 9.69 Å². The highest BCUT2D eigenvalue weighted by atomic mass is 35.5. The lowest BCUT2D eigenvalue weighted by molar-refractivity contribution is -0.120. The molecule has 1 aromatic heterocycles. The van der Waals surface area contributed by atoms with Crippen LogP contribution >= 0.6 is 11.6 Å². The maximum absolute atomic E-state index is 12.8. The van der Waals surface area contributed by atoms with Gasteiger partial charge in [0.15, 0.2) is 0 Å². The molecule has 1 aliphatic heterocycles. The Kier molecular flexibility index (Phi) is 5.23. The van der Waals surface area contributed by atoms with Crippen molar-refractivity contribution in [3.63, 3.8) is 0 Å². The number of likely N-dealkylation sites (tertiary alicyclic amines) is 1. The van der Waals surface area contributed by atoms with Gasteiger partial charge in [-0.05, 0) is 37.1 Å². The maximum Gasteiger partial charge on any atom is 0.241 e. The van der Waals surface area contributed by atoms with Gasteiger partial charge in [0.1, 0.15) is 0 Å². The summed E-state index contributed by atoms with van der Waals surface area (Å²) in [5.74, 6) is 0.0159. The van der Waals surface area contributed by atoms with Gasteiger partial charge in [0.25, 0.3) is 0 Å². The van der Waals surface area contributed by atoms with Crippen LogP contribution in [0.5, 0.6) is 0 Å². The van der Waals surface area contributed by atoms with E-state index in [1.54, 1.807) is 17.1 Å². The summed E-state index contributed by atoms with van der Waals surface area (Å²) >= 11 is 6.22. The quantitative estimate of drug-likeness (QED) is 0.724. The number of amides is 1. The number of carbonyl (C=O) groups excluding carboxylic acids is 1. The zero-order chi connectivity index (χ0) is 18.6. The van der Waals surface area contributed by atoms with Gasteiger partial charge in [-0.2, -0.15) is 5.10 Å². The second kappa shape index (κ2) is 7.94. The van der Waals surface area contributed by atoms with E-state index in [4.69, 9.17) is 11.6 Å². The average molecular weight is 381 g/mol. The van der Waals surface area contributed by atoms with E-state index in [2.05, 4.69) is 27.4 Å². The topological polar surface area (TPSA) is 50.2 Å². The monoisotopic (exact) mass is 380 g/mol. The minimum atomic E-state index is -0.117. The van der Waals surface area contributed by atoms with Gasteiger partial charge in [-0.25, -0.2) is 4.68 Å². The number of hydrogen-bond acceptors (Lipinski definition) is 3. The summed E-state index contributed by atoms with van der Waals surface area (Å²) < 4.78 is 1.67. The molecule has 1 saturated heterocycles. The molecule has 27 heavy (non-hydrogen) atoms. The number of nitrogens with zero attached hydrogens (tertiary/aromatic N) is 3. The van der Waals surface area contributed by atoms with E-state index in [9.17, 15) is 4.79 Å². The van der Waals surface area contributed by atoms with Crippen LogP contribution in [0.2, 0.25) is 5.02 Å². The molecule has 1 N–H and O–H groups in total. The number of aromatic nitrogens is 2. The van der Waals surface area contributed by atoms with Gasteiger partial charge in [0.2, 0.25) is 5.91 Å². The first kappa shape index (κ1) is 17.8. The van der Waals surface area contributed by atoms with E-state index in [-0.39, 0.29) is 11.9 Å². The largest absolute Gasteiger partial charge is 0.322 e. The maximum atomic E-state index is 12.8. The zero-order valence-corrected chi connectivity index (χ0v) is 15.6. The summed E-state index contributed by atoms with van der Waals surface area (Å²) in [6.07, 6.45) is 5.34. The van der Waals surface area contributed by atoms with Gasteiger partial charge >= 0.3 is 0 Å². The van der Waals surface area contributed by atoms with Crippen molar-refractivity contribution in [2.45, 2.75) is 25.4 Å². The van der Waals surface area contributed by atoms with Gasteiger partial charge < -0.3 is 5.32 Å². The highest BCUT2D eigenvalue weighted by molar-refractivity contribution is 6.32. The van der Waals surface area contributed by atoms with Crippen LogP contribution in [0.3, 0.4) is 0 Å². The van der Waals surface area contributed by atoms with Crippen molar-refractivity contribution < 1.29 is 4.79 Å². The van der Waals surface area contributed by atoms with Crippen LogP contribution in [-0.2, 0) is 11.3 Å². The van der Waals surface area contributed by atoms with Crippen LogP contribution < -0.4 is 5.32 Å². The molecule has 0 bridgehead atoms. The standard InChI is InChI=1S/C21H21ClN4O/c22-18-9-4-5-10-19(18)26-15-17(13-23-26)24-21(27)20-11-6-12-25(20)14-16-7-2-1-3-8-16/h1-5,7-10,13,15,20H,6,11-12,14H2,(H,24,27).